The molecular weight excluding hydrogens is 374 g/mol. The lowest BCUT2D eigenvalue weighted by Gasteiger charge is -2.35. The van der Waals surface area contributed by atoms with Crippen LogP contribution in [-0.4, -0.2) is 76.6 Å². The molecule has 30 heavy (non-hydrogen) atoms. The normalized spacial score (nSPS) is 17.9. The molecule has 0 unspecified atom stereocenters. The van der Waals surface area contributed by atoms with E-state index in [1.807, 2.05) is 6.20 Å². The highest BCUT2D eigenvalue weighted by Gasteiger charge is 2.22. The van der Waals surface area contributed by atoms with Gasteiger partial charge in [-0.1, -0.05) is 12.8 Å². The zero-order valence-corrected chi connectivity index (χ0v) is 18.5. The second kappa shape index (κ2) is 9.71. The zero-order valence-electron chi connectivity index (χ0n) is 18.5. The molecule has 2 fully saturated rings. The van der Waals surface area contributed by atoms with Gasteiger partial charge in [0.25, 0.3) is 0 Å². The molecule has 0 radical (unpaired) electrons. The van der Waals surface area contributed by atoms with E-state index in [2.05, 4.69) is 64.1 Å². The third kappa shape index (κ3) is 4.90. The first-order valence-electron chi connectivity index (χ1n) is 11.0. The number of piperazine rings is 1. The number of aromatic nitrogens is 2. The summed E-state index contributed by atoms with van der Waals surface area (Å²) in [7, 11) is 6.72. The third-order valence-corrected chi connectivity index (χ3v) is 6.32. The Bertz CT molecular complexity index is 823. The fourth-order valence-corrected chi connectivity index (χ4v) is 4.52. The summed E-state index contributed by atoms with van der Waals surface area (Å²) in [6.45, 7) is 4.10. The summed E-state index contributed by atoms with van der Waals surface area (Å²) < 4.78 is 5.24. The second-order valence-corrected chi connectivity index (χ2v) is 8.44. The average Bonchev–Trinajstić information content (AvgIpc) is 3.31. The molecule has 1 aromatic carbocycles. The largest absolute Gasteiger partial charge is 0.427 e. The van der Waals surface area contributed by atoms with Gasteiger partial charge in [-0.2, -0.15) is 4.98 Å². The van der Waals surface area contributed by atoms with Crippen LogP contribution in [0.15, 0.2) is 30.5 Å². The summed E-state index contributed by atoms with van der Waals surface area (Å²) in [6.07, 6.45) is 7.06. The Kier molecular flexibility index (Phi) is 6.79. The molecule has 2 heterocycles. The van der Waals surface area contributed by atoms with E-state index >= 15 is 0 Å². The van der Waals surface area contributed by atoms with Crippen LogP contribution in [0.1, 0.15) is 25.7 Å². The molecule has 158 valence electrons. The monoisotopic (exact) mass is 406 g/mol. The molecule has 1 aromatic heterocycles. The van der Waals surface area contributed by atoms with Gasteiger partial charge in [0.15, 0.2) is 0 Å². The Labute approximate surface area is 181 Å². The molecule has 2 aromatic rings. The van der Waals surface area contributed by atoms with Gasteiger partial charge in [0.1, 0.15) is 13.7 Å². The van der Waals surface area contributed by atoms with Crippen LogP contribution in [0.3, 0.4) is 0 Å². The zero-order chi connectivity index (χ0) is 20.9. The molecule has 1 saturated carbocycles. The first-order valence-corrected chi connectivity index (χ1v) is 11.0. The maximum Gasteiger partial charge on any atom is 0.363 e. The van der Waals surface area contributed by atoms with Crippen LogP contribution >= 0.6 is 0 Å². The van der Waals surface area contributed by atoms with Crippen LogP contribution < -0.4 is 20.6 Å². The standard InChI is InChI=1S/C21H32B2N6O/c1-27(17-5-3-4-6-17)20-19(22)15-24-21(26-20)25-16-7-9-18(10-8-16)28-11-13-29(14-12-28)23-30-2/h7-10,15,17,23H,3-6,11-14,22H2,1-2H3,(H,24,25,26). The van der Waals surface area contributed by atoms with Crippen molar-refractivity contribution < 1.29 is 4.65 Å². The van der Waals surface area contributed by atoms with Crippen molar-refractivity contribution in [3.63, 3.8) is 0 Å². The van der Waals surface area contributed by atoms with Gasteiger partial charge < -0.3 is 24.6 Å². The predicted molar refractivity (Wildman–Crippen MR) is 129 cm³/mol. The fourth-order valence-electron chi connectivity index (χ4n) is 4.52. The number of nitrogens with zero attached hydrogens (tertiary/aromatic N) is 5. The van der Waals surface area contributed by atoms with Crippen molar-refractivity contribution in [1.82, 2.24) is 14.8 Å². The number of hydrogen-bond acceptors (Lipinski definition) is 7. The summed E-state index contributed by atoms with van der Waals surface area (Å²) in [5, 5.41) is 3.38. The Hall–Kier alpha value is -2.25. The van der Waals surface area contributed by atoms with Gasteiger partial charge in [0, 0.05) is 63.9 Å². The molecule has 1 saturated heterocycles. The topological polar surface area (TPSA) is 56.8 Å². The van der Waals surface area contributed by atoms with Gasteiger partial charge in [-0.05, 0) is 42.6 Å². The van der Waals surface area contributed by atoms with Crippen molar-refractivity contribution in [1.29, 1.82) is 0 Å². The molecule has 0 atom stereocenters. The van der Waals surface area contributed by atoms with Crippen LogP contribution in [0.25, 0.3) is 0 Å². The Morgan fingerprint density at radius 1 is 1.13 bits per heavy atom. The van der Waals surface area contributed by atoms with E-state index in [9.17, 15) is 0 Å². The summed E-state index contributed by atoms with van der Waals surface area (Å²) in [4.78, 5) is 16.4. The summed E-state index contributed by atoms with van der Waals surface area (Å²) in [5.41, 5.74) is 3.39. The molecule has 4 rings (SSSR count). The van der Waals surface area contributed by atoms with Crippen LogP contribution in [-0.2, 0) is 4.65 Å². The summed E-state index contributed by atoms with van der Waals surface area (Å²) in [5.74, 6) is 1.69. The summed E-state index contributed by atoms with van der Waals surface area (Å²) in [6, 6.07) is 9.17. The summed E-state index contributed by atoms with van der Waals surface area (Å²) >= 11 is 0. The van der Waals surface area contributed by atoms with Crippen molar-refractivity contribution in [2.45, 2.75) is 31.7 Å². The maximum atomic E-state index is 5.24. The molecular formula is C21H32B2N6O. The number of nitrogens with one attached hydrogen (secondary N) is 1. The molecule has 7 nitrogen and oxygen atoms in total. The number of rotatable bonds is 7. The van der Waals surface area contributed by atoms with Gasteiger partial charge in [0.05, 0.1) is 0 Å². The minimum absolute atomic E-state index is 0.593. The van der Waals surface area contributed by atoms with Gasteiger partial charge in [-0.25, -0.2) is 4.98 Å². The third-order valence-electron chi connectivity index (χ3n) is 6.32. The molecule has 1 N–H and O–H groups in total. The van der Waals surface area contributed by atoms with Crippen molar-refractivity contribution >= 4 is 44.1 Å². The lowest BCUT2D eigenvalue weighted by atomic mass is 9.98. The van der Waals surface area contributed by atoms with Gasteiger partial charge in [0.2, 0.25) is 5.95 Å². The highest BCUT2D eigenvalue weighted by molar-refractivity contribution is 6.35. The number of anilines is 4. The van der Waals surface area contributed by atoms with Crippen molar-refractivity contribution in [3.05, 3.63) is 30.5 Å². The van der Waals surface area contributed by atoms with Crippen molar-refractivity contribution in [2.24, 2.45) is 0 Å². The molecule has 1 aliphatic carbocycles. The maximum absolute atomic E-state index is 5.24. The molecule has 1 aliphatic heterocycles. The lowest BCUT2D eigenvalue weighted by molar-refractivity contribution is 0.323. The van der Waals surface area contributed by atoms with Crippen LogP contribution in [0.2, 0.25) is 0 Å². The SMILES string of the molecule is Bc1cnc(Nc2ccc(N3CCN(BOC)CC3)cc2)nc1N(C)C1CCCC1. The van der Waals surface area contributed by atoms with E-state index in [0.717, 1.165) is 43.1 Å². The van der Waals surface area contributed by atoms with Gasteiger partial charge in [-0.3, -0.25) is 0 Å². The lowest BCUT2D eigenvalue weighted by Crippen LogP contribution is -2.48. The smallest absolute Gasteiger partial charge is 0.363 e. The Morgan fingerprint density at radius 3 is 2.50 bits per heavy atom. The van der Waals surface area contributed by atoms with E-state index in [-0.39, 0.29) is 0 Å². The molecule has 0 amide bonds. The fraction of sp³-hybridized carbons (Fsp3) is 0.524. The van der Waals surface area contributed by atoms with E-state index in [1.54, 1.807) is 7.11 Å². The van der Waals surface area contributed by atoms with Gasteiger partial charge in [-0.15, -0.1) is 0 Å². The van der Waals surface area contributed by atoms with Crippen molar-refractivity contribution in [3.8, 4) is 0 Å². The second-order valence-electron chi connectivity index (χ2n) is 8.44. The molecule has 2 aliphatic rings. The van der Waals surface area contributed by atoms with E-state index in [0.29, 0.717) is 19.6 Å². The van der Waals surface area contributed by atoms with Crippen LogP contribution in [0.5, 0.6) is 0 Å². The molecule has 9 heteroatoms. The Balaban J connectivity index is 1.39. The average molecular weight is 406 g/mol. The highest BCUT2D eigenvalue weighted by atomic mass is 16.4. The quantitative estimate of drug-likeness (QED) is 0.686. The van der Waals surface area contributed by atoms with Crippen molar-refractivity contribution in [2.75, 3.05) is 55.5 Å². The molecule has 0 spiro atoms. The van der Waals surface area contributed by atoms with Gasteiger partial charge >= 0.3 is 7.62 Å². The number of benzene rings is 1. The minimum Gasteiger partial charge on any atom is -0.427 e. The molecule has 0 bridgehead atoms. The first kappa shape index (κ1) is 21.0. The number of hydrogen-bond donors (Lipinski definition) is 1. The van der Waals surface area contributed by atoms with Crippen LogP contribution in [0, 0.1) is 0 Å². The van der Waals surface area contributed by atoms with E-state index in [1.165, 1.54) is 31.4 Å². The van der Waals surface area contributed by atoms with E-state index in [4.69, 9.17) is 9.64 Å². The van der Waals surface area contributed by atoms with Crippen LogP contribution in [0.4, 0.5) is 23.1 Å². The first-order chi connectivity index (χ1) is 14.6. The van der Waals surface area contributed by atoms with E-state index < -0.39 is 0 Å². The minimum atomic E-state index is 0.593. The Morgan fingerprint density at radius 2 is 1.83 bits per heavy atom. The highest BCUT2D eigenvalue weighted by Crippen LogP contribution is 2.26. The predicted octanol–water partition coefficient (Wildman–Crippen LogP) is 0.892.